The molecule has 1 aliphatic heterocycles. The largest absolute Gasteiger partial charge is 0.345 e. The summed E-state index contributed by atoms with van der Waals surface area (Å²) in [6, 6.07) is 4.64. The van der Waals surface area contributed by atoms with Gasteiger partial charge in [-0.15, -0.1) is 0 Å². The van der Waals surface area contributed by atoms with E-state index in [0.29, 0.717) is 19.0 Å². The predicted molar refractivity (Wildman–Crippen MR) is 108 cm³/mol. The summed E-state index contributed by atoms with van der Waals surface area (Å²) in [5.74, 6) is -0.300. The maximum absolute atomic E-state index is 13.9. The molecule has 2 atom stereocenters. The number of imidazole rings is 1. The topological polar surface area (TPSA) is 78.3 Å². The Morgan fingerprint density at radius 2 is 2.07 bits per heavy atom. The van der Waals surface area contributed by atoms with E-state index in [-0.39, 0.29) is 11.6 Å². The highest BCUT2D eigenvalue weighted by molar-refractivity contribution is 5.89. The Morgan fingerprint density at radius 1 is 1.23 bits per heavy atom. The molecular weight excluding hydrogens is 390 g/mol. The van der Waals surface area contributed by atoms with Gasteiger partial charge in [-0.05, 0) is 30.5 Å². The number of nitrogens with one attached hydrogen (secondary N) is 2. The SMILES string of the molecule is CC1CCN(C(=O)Nc2ccc(F)cc2F)CC1c1ncc2cnc3[nH]ccc3n12. The maximum atomic E-state index is 13.9. The first-order chi connectivity index (χ1) is 14.5. The Hall–Kier alpha value is -3.49. The minimum atomic E-state index is -0.799. The molecule has 154 valence electrons. The van der Waals surface area contributed by atoms with E-state index in [1.54, 1.807) is 17.3 Å². The number of piperidine rings is 1. The molecule has 5 rings (SSSR count). The number of aromatic nitrogens is 4. The summed E-state index contributed by atoms with van der Waals surface area (Å²) in [6.07, 6.45) is 6.18. The van der Waals surface area contributed by atoms with Crippen LogP contribution in [0.3, 0.4) is 0 Å². The van der Waals surface area contributed by atoms with E-state index in [9.17, 15) is 13.6 Å². The average molecular weight is 410 g/mol. The van der Waals surface area contributed by atoms with Crippen LogP contribution in [0.2, 0.25) is 0 Å². The van der Waals surface area contributed by atoms with Crippen LogP contribution in [-0.2, 0) is 0 Å². The Morgan fingerprint density at radius 3 is 2.90 bits per heavy atom. The maximum Gasteiger partial charge on any atom is 0.321 e. The van der Waals surface area contributed by atoms with Crippen molar-refractivity contribution >= 4 is 28.4 Å². The highest BCUT2D eigenvalue weighted by Gasteiger charge is 2.33. The molecule has 0 radical (unpaired) electrons. The number of anilines is 1. The van der Waals surface area contributed by atoms with Crippen LogP contribution >= 0.6 is 0 Å². The third kappa shape index (κ3) is 3.06. The van der Waals surface area contributed by atoms with Gasteiger partial charge in [-0.1, -0.05) is 6.92 Å². The number of carbonyl (C=O) groups is 1. The van der Waals surface area contributed by atoms with Gasteiger partial charge in [0.25, 0.3) is 0 Å². The van der Waals surface area contributed by atoms with Crippen LogP contribution in [0.1, 0.15) is 25.1 Å². The average Bonchev–Trinajstić information content (AvgIpc) is 3.36. The van der Waals surface area contributed by atoms with Crippen molar-refractivity contribution in [2.45, 2.75) is 19.3 Å². The molecule has 4 heterocycles. The highest BCUT2D eigenvalue weighted by atomic mass is 19.1. The fraction of sp³-hybridized carbons (Fsp3) is 0.286. The summed E-state index contributed by atoms with van der Waals surface area (Å²) in [4.78, 5) is 26.6. The monoisotopic (exact) mass is 410 g/mol. The number of hydrogen-bond acceptors (Lipinski definition) is 3. The van der Waals surface area contributed by atoms with Crippen molar-refractivity contribution < 1.29 is 13.6 Å². The minimum Gasteiger partial charge on any atom is -0.345 e. The summed E-state index contributed by atoms with van der Waals surface area (Å²) in [7, 11) is 0. The van der Waals surface area contributed by atoms with Crippen molar-refractivity contribution in [3.05, 3.63) is 60.3 Å². The molecule has 9 heteroatoms. The lowest BCUT2D eigenvalue weighted by atomic mass is 9.86. The Balaban J connectivity index is 1.43. The first kappa shape index (κ1) is 18.5. The molecule has 2 unspecified atom stereocenters. The van der Waals surface area contributed by atoms with Crippen LogP contribution in [0, 0.1) is 17.6 Å². The number of amides is 2. The molecule has 1 fully saturated rings. The van der Waals surface area contributed by atoms with Gasteiger partial charge >= 0.3 is 6.03 Å². The molecule has 1 saturated heterocycles. The first-order valence-electron chi connectivity index (χ1n) is 9.81. The Kier molecular flexibility index (Phi) is 4.38. The fourth-order valence-corrected chi connectivity index (χ4v) is 4.14. The second-order valence-corrected chi connectivity index (χ2v) is 7.72. The van der Waals surface area contributed by atoms with Crippen molar-refractivity contribution in [2.24, 2.45) is 5.92 Å². The second-order valence-electron chi connectivity index (χ2n) is 7.72. The van der Waals surface area contributed by atoms with Crippen molar-refractivity contribution in [1.82, 2.24) is 24.3 Å². The lowest BCUT2D eigenvalue weighted by Crippen LogP contribution is -2.44. The molecule has 2 amide bonds. The van der Waals surface area contributed by atoms with Crippen molar-refractivity contribution in [2.75, 3.05) is 18.4 Å². The minimum absolute atomic E-state index is 0.00515. The summed E-state index contributed by atoms with van der Waals surface area (Å²) >= 11 is 0. The summed E-state index contributed by atoms with van der Waals surface area (Å²) in [5, 5.41) is 2.55. The Bertz CT molecular complexity index is 1250. The smallest absolute Gasteiger partial charge is 0.321 e. The van der Waals surface area contributed by atoms with Crippen LogP contribution in [0.25, 0.3) is 16.7 Å². The molecule has 0 saturated carbocycles. The van der Waals surface area contributed by atoms with E-state index in [0.717, 1.165) is 41.1 Å². The van der Waals surface area contributed by atoms with Gasteiger partial charge in [0.1, 0.15) is 17.5 Å². The molecule has 30 heavy (non-hydrogen) atoms. The highest BCUT2D eigenvalue weighted by Crippen LogP contribution is 2.33. The van der Waals surface area contributed by atoms with Gasteiger partial charge < -0.3 is 15.2 Å². The van der Waals surface area contributed by atoms with Crippen LogP contribution in [0.15, 0.2) is 42.9 Å². The number of likely N-dealkylation sites (tertiary alicyclic amines) is 1. The molecule has 1 aliphatic rings. The number of nitrogens with zero attached hydrogens (tertiary/aromatic N) is 4. The van der Waals surface area contributed by atoms with Gasteiger partial charge in [-0.2, -0.15) is 0 Å². The summed E-state index contributed by atoms with van der Waals surface area (Å²) < 4.78 is 29.1. The van der Waals surface area contributed by atoms with Crippen molar-refractivity contribution in [3.8, 4) is 0 Å². The lowest BCUT2D eigenvalue weighted by molar-refractivity contribution is 0.170. The third-order valence-electron chi connectivity index (χ3n) is 5.84. The Labute approximate surface area is 170 Å². The molecule has 7 nitrogen and oxygen atoms in total. The number of hydrogen-bond donors (Lipinski definition) is 2. The molecule has 0 aliphatic carbocycles. The van der Waals surface area contributed by atoms with Gasteiger partial charge in [0, 0.05) is 31.3 Å². The van der Waals surface area contributed by atoms with E-state index in [1.165, 1.54) is 6.07 Å². The van der Waals surface area contributed by atoms with Crippen LogP contribution in [-0.4, -0.2) is 43.4 Å². The van der Waals surface area contributed by atoms with Gasteiger partial charge in [0.15, 0.2) is 5.65 Å². The number of carbonyl (C=O) groups excluding carboxylic acids is 1. The van der Waals surface area contributed by atoms with E-state index < -0.39 is 17.7 Å². The molecule has 0 bridgehead atoms. The zero-order valence-corrected chi connectivity index (χ0v) is 16.3. The number of halogens is 2. The van der Waals surface area contributed by atoms with Gasteiger partial charge in [-0.25, -0.2) is 23.5 Å². The van der Waals surface area contributed by atoms with E-state index in [1.807, 2.05) is 12.3 Å². The van der Waals surface area contributed by atoms with Crippen molar-refractivity contribution in [3.63, 3.8) is 0 Å². The normalized spacial score (nSPS) is 19.5. The van der Waals surface area contributed by atoms with Gasteiger partial charge in [0.05, 0.1) is 29.1 Å². The van der Waals surface area contributed by atoms with E-state index in [2.05, 4.69) is 31.6 Å². The molecule has 4 aromatic rings. The lowest BCUT2D eigenvalue weighted by Gasteiger charge is -2.36. The van der Waals surface area contributed by atoms with Crippen LogP contribution in [0.4, 0.5) is 19.3 Å². The first-order valence-corrected chi connectivity index (χ1v) is 9.81. The summed E-state index contributed by atoms with van der Waals surface area (Å²) in [5.41, 5.74) is 2.55. The number of aromatic amines is 1. The molecule has 0 spiro atoms. The van der Waals surface area contributed by atoms with Crippen LogP contribution in [0.5, 0.6) is 0 Å². The molecule has 2 N–H and O–H groups in total. The number of benzene rings is 1. The third-order valence-corrected chi connectivity index (χ3v) is 5.84. The van der Waals surface area contributed by atoms with E-state index >= 15 is 0 Å². The van der Waals surface area contributed by atoms with Gasteiger partial charge in [-0.3, -0.25) is 4.40 Å². The quantitative estimate of drug-likeness (QED) is 0.521. The second kappa shape index (κ2) is 7.08. The number of urea groups is 1. The van der Waals surface area contributed by atoms with Gasteiger partial charge in [0.2, 0.25) is 0 Å². The van der Waals surface area contributed by atoms with Crippen molar-refractivity contribution in [1.29, 1.82) is 0 Å². The molecule has 3 aromatic heterocycles. The standard InChI is InChI=1S/C21H20F2N6O/c1-12-5-7-28(21(30)27-17-3-2-13(22)8-16(17)23)11-15(12)20-26-10-14-9-25-19-18(29(14)20)4-6-24-19/h2-4,6,8-10,12,15,24H,5,7,11H2,1H3,(H,27,30). The number of rotatable bonds is 2. The zero-order chi connectivity index (χ0) is 20.8. The zero-order valence-electron chi connectivity index (χ0n) is 16.3. The summed E-state index contributed by atoms with van der Waals surface area (Å²) in [6.45, 7) is 3.15. The molecule has 1 aromatic carbocycles. The number of fused-ring (bicyclic) bond motifs is 3. The van der Waals surface area contributed by atoms with Crippen LogP contribution < -0.4 is 5.32 Å². The number of H-pyrrole nitrogens is 1. The fourth-order valence-electron chi connectivity index (χ4n) is 4.14. The molecular formula is C21H20F2N6O. The predicted octanol–water partition coefficient (Wildman–Crippen LogP) is 4.15. The van der Waals surface area contributed by atoms with E-state index in [4.69, 9.17) is 0 Å².